The Morgan fingerprint density at radius 3 is 2.44 bits per heavy atom. The third-order valence-corrected chi connectivity index (χ3v) is 11.2. The van der Waals surface area contributed by atoms with Gasteiger partial charge in [0, 0.05) is 61.3 Å². The Morgan fingerprint density at radius 2 is 1.76 bits per heavy atom. The summed E-state index contributed by atoms with van der Waals surface area (Å²) in [5.41, 5.74) is 3.69. The van der Waals surface area contributed by atoms with Gasteiger partial charge in [-0.2, -0.15) is 0 Å². The van der Waals surface area contributed by atoms with Gasteiger partial charge in [-0.3, -0.25) is 9.78 Å². The first-order valence-corrected chi connectivity index (χ1v) is 17.2. The first-order chi connectivity index (χ1) is 19.7. The number of piperidine rings is 2. The van der Waals surface area contributed by atoms with E-state index < -0.39 is 10.0 Å². The molecule has 3 aliphatic rings. The van der Waals surface area contributed by atoms with Gasteiger partial charge < -0.3 is 9.80 Å². The van der Waals surface area contributed by atoms with Crippen molar-refractivity contribution < 1.29 is 13.2 Å². The molecule has 4 heterocycles. The predicted molar refractivity (Wildman–Crippen MR) is 160 cm³/mol. The van der Waals surface area contributed by atoms with E-state index >= 15 is 0 Å². The number of amides is 1. The minimum Gasteiger partial charge on any atom is -0.337 e. The second-order valence-electron chi connectivity index (χ2n) is 12.4. The second kappa shape index (κ2) is 13.3. The minimum absolute atomic E-state index is 0.0194. The number of aryl methyl sites for hydroxylation is 1. The molecule has 1 amide bonds. The van der Waals surface area contributed by atoms with Gasteiger partial charge in [0.2, 0.25) is 10.0 Å². The van der Waals surface area contributed by atoms with Crippen LogP contribution in [0.25, 0.3) is 0 Å². The first-order valence-electron chi connectivity index (χ1n) is 15.4. The van der Waals surface area contributed by atoms with Gasteiger partial charge in [-0.25, -0.2) is 22.7 Å². The summed E-state index contributed by atoms with van der Waals surface area (Å²) >= 11 is 0. The van der Waals surface area contributed by atoms with Crippen LogP contribution in [0.1, 0.15) is 91.1 Å². The van der Waals surface area contributed by atoms with Crippen LogP contribution in [-0.4, -0.2) is 94.9 Å². The monoisotopic (exact) mass is 582 g/mol. The van der Waals surface area contributed by atoms with Crippen LogP contribution in [0, 0.1) is 12.8 Å². The molecular formula is C31H46N6O3S. The van der Waals surface area contributed by atoms with Gasteiger partial charge in [0.05, 0.1) is 6.26 Å². The molecule has 0 radical (unpaired) electrons. The van der Waals surface area contributed by atoms with Crippen LogP contribution in [0.3, 0.4) is 0 Å². The molecule has 0 aromatic carbocycles. The fourth-order valence-electron chi connectivity index (χ4n) is 7.20. The highest BCUT2D eigenvalue weighted by Gasteiger charge is 2.33. The molecule has 5 rings (SSSR count). The summed E-state index contributed by atoms with van der Waals surface area (Å²) in [6.45, 7) is 5.26. The normalized spacial score (nSPS) is 23.7. The zero-order valence-electron chi connectivity index (χ0n) is 24.9. The van der Waals surface area contributed by atoms with Gasteiger partial charge in [-0.1, -0.05) is 18.9 Å². The molecule has 2 aliphatic heterocycles. The lowest BCUT2D eigenvalue weighted by Gasteiger charge is -2.43. The summed E-state index contributed by atoms with van der Waals surface area (Å²) in [4.78, 5) is 31.6. The van der Waals surface area contributed by atoms with Crippen molar-refractivity contribution in [3.8, 4) is 0 Å². The van der Waals surface area contributed by atoms with Crippen LogP contribution in [0.15, 0.2) is 30.7 Å². The molecule has 224 valence electrons. The zero-order chi connectivity index (χ0) is 29.0. The minimum atomic E-state index is -3.16. The molecule has 3 fully saturated rings. The third kappa shape index (κ3) is 7.32. The maximum absolute atomic E-state index is 13.5. The predicted octanol–water partition coefficient (Wildman–Crippen LogP) is 4.05. The van der Waals surface area contributed by atoms with Crippen LogP contribution >= 0.6 is 0 Å². The molecular weight excluding hydrogens is 536 g/mol. The molecule has 1 saturated carbocycles. The molecule has 41 heavy (non-hydrogen) atoms. The van der Waals surface area contributed by atoms with Crippen LogP contribution in [-0.2, 0) is 16.4 Å². The number of hydrogen-bond donors (Lipinski definition) is 0. The topological polar surface area (TPSA) is 99.6 Å². The van der Waals surface area contributed by atoms with E-state index in [0.29, 0.717) is 23.6 Å². The van der Waals surface area contributed by atoms with Gasteiger partial charge in [0.1, 0.15) is 12.0 Å². The average Bonchev–Trinajstić information content (AvgIpc) is 3.00. The van der Waals surface area contributed by atoms with Crippen molar-refractivity contribution in [1.29, 1.82) is 0 Å². The zero-order valence-corrected chi connectivity index (χ0v) is 25.7. The molecule has 2 atom stereocenters. The van der Waals surface area contributed by atoms with Crippen LogP contribution in [0.4, 0.5) is 0 Å². The number of nitrogens with zero attached hydrogens (tertiary/aromatic N) is 6. The number of rotatable bonds is 8. The lowest BCUT2D eigenvalue weighted by atomic mass is 9.77. The standard InChI is InChI=1S/C31H46N6O3S/c1-23-28(11-10-24-7-6-8-25(21-24)29-9-4-5-16-32-29)33-22-34-30(23)31(38)37-19-14-27(15-20-37)36-17-12-26(13-18-36)35(2)41(3,39)40/h4-5,9,16,22,24-27H,6-8,10-15,17-21H2,1-3H3. The van der Waals surface area contributed by atoms with Crippen molar-refractivity contribution in [3.05, 3.63) is 53.4 Å². The Kier molecular flexibility index (Phi) is 9.71. The highest BCUT2D eigenvalue weighted by atomic mass is 32.2. The van der Waals surface area contributed by atoms with Gasteiger partial charge in [-0.15, -0.1) is 0 Å². The summed E-state index contributed by atoms with van der Waals surface area (Å²) in [5.74, 6) is 1.22. The number of pyridine rings is 1. The molecule has 2 saturated heterocycles. The Morgan fingerprint density at radius 1 is 1.00 bits per heavy atom. The summed E-state index contributed by atoms with van der Waals surface area (Å²) in [7, 11) is -1.47. The van der Waals surface area contributed by atoms with E-state index in [4.69, 9.17) is 0 Å². The Labute approximate surface area is 245 Å². The maximum atomic E-state index is 13.5. The van der Waals surface area contributed by atoms with E-state index in [-0.39, 0.29) is 11.9 Å². The lowest BCUT2D eigenvalue weighted by Crippen LogP contribution is -2.52. The van der Waals surface area contributed by atoms with E-state index in [1.54, 1.807) is 13.4 Å². The molecule has 0 N–H and O–H groups in total. The molecule has 2 unspecified atom stereocenters. The number of carbonyl (C=O) groups is 1. The Balaban J connectivity index is 1.11. The van der Waals surface area contributed by atoms with E-state index in [1.165, 1.54) is 41.9 Å². The first kappa shape index (κ1) is 30.0. The van der Waals surface area contributed by atoms with Crippen molar-refractivity contribution in [2.24, 2.45) is 5.92 Å². The summed E-state index contributed by atoms with van der Waals surface area (Å²) in [6, 6.07) is 6.75. The quantitative estimate of drug-likeness (QED) is 0.463. The molecule has 0 bridgehead atoms. The maximum Gasteiger partial charge on any atom is 0.272 e. The number of hydrogen-bond acceptors (Lipinski definition) is 7. The Bertz CT molecular complexity index is 1270. The Hall–Kier alpha value is -2.43. The van der Waals surface area contributed by atoms with E-state index in [9.17, 15) is 13.2 Å². The van der Waals surface area contributed by atoms with Crippen molar-refractivity contribution in [2.45, 2.75) is 89.1 Å². The fraction of sp³-hybridized carbons (Fsp3) is 0.677. The van der Waals surface area contributed by atoms with Crippen molar-refractivity contribution in [2.75, 3.05) is 39.5 Å². The van der Waals surface area contributed by atoms with Crippen molar-refractivity contribution in [3.63, 3.8) is 0 Å². The van der Waals surface area contributed by atoms with Gasteiger partial charge in [0.25, 0.3) is 5.91 Å². The van der Waals surface area contributed by atoms with Gasteiger partial charge in [0.15, 0.2) is 0 Å². The van der Waals surface area contributed by atoms with E-state index in [0.717, 1.165) is 76.0 Å². The second-order valence-corrected chi connectivity index (χ2v) is 14.4. The van der Waals surface area contributed by atoms with E-state index in [1.807, 2.05) is 24.1 Å². The number of carbonyl (C=O) groups excluding carboxylic acids is 1. The number of aromatic nitrogens is 3. The lowest BCUT2D eigenvalue weighted by molar-refractivity contribution is 0.0542. The summed E-state index contributed by atoms with van der Waals surface area (Å²) in [6.07, 6.45) is 15.2. The van der Waals surface area contributed by atoms with Crippen LogP contribution < -0.4 is 0 Å². The summed E-state index contributed by atoms with van der Waals surface area (Å²) in [5, 5.41) is 0. The molecule has 0 spiro atoms. The van der Waals surface area contributed by atoms with Crippen LogP contribution in [0.5, 0.6) is 0 Å². The van der Waals surface area contributed by atoms with Gasteiger partial charge >= 0.3 is 0 Å². The highest BCUT2D eigenvalue weighted by Crippen LogP contribution is 2.37. The SMILES string of the molecule is Cc1c(CCC2CCCC(c3ccccn3)C2)ncnc1C(=O)N1CCC(N2CCC(N(C)S(C)(=O)=O)CC2)CC1. The largest absolute Gasteiger partial charge is 0.337 e. The van der Waals surface area contributed by atoms with Crippen molar-refractivity contribution in [1.82, 2.24) is 29.1 Å². The molecule has 1 aliphatic carbocycles. The smallest absolute Gasteiger partial charge is 0.272 e. The number of likely N-dealkylation sites (tertiary alicyclic amines) is 2. The van der Waals surface area contributed by atoms with Crippen molar-refractivity contribution >= 4 is 15.9 Å². The van der Waals surface area contributed by atoms with E-state index in [2.05, 4.69) is 32.0 Å². The summed E-state index contributed by atoms with van der Waals surface area (Å²) < 4.78 is 25.3. The number of sulfonamides is 1. The average molecular weight is 583 g/mol. The molecule has 2 aromatic rings. The molecule has 9 nitrogen and oxygen atoms in total. The molecule has 10 heteroatoms. The third-order valence-electron chi connectivity index (χ3n) is 9.87. The highest BCUT2D eigenvalue weighted by molar-refractivity contribution is 7.88. The molecule has 2 aromatic heterocycles. The fourth-order valence-corrected chi connectivity index (χ4v) is 7.96. The van der Waals surface area contributed by atoms with Gasteiger partial charge in [-0.05, 0) is 89.4 Å². The van der Waals surface area contributed by atoms with Crippen LogP contribution in [0.2, 0.25) is 0 Å².